The summed E-state index contributed by atoms with van der Waals surface area (Å²) in [6.45, 7) is 16.4. The molecule has 0 aliphatic rings. The van der Waals surface area contributed by atoms with Crippen LogP contribution in [-0.4, -0.2) is 13.4 Å². The van der Waals surface area contributed by atoms with Crippen molar-refractivity contribution in [1.82, 2.24) is 0 Å². The van der Waals surface area contributed by atoms with E-state index in [0.717, 1.165) is 22.3 Å². The van der Waals surface area contributed by atoms with Crippen LogP contribution >= 0.6 is 0 Å². The van der Waals surface area contributed by atoms with Crippen LogP contribution in [0.2, 0.25) is 10.1 Å². The first-order valence-electron chi connectivity index (χ1n) is 9.71. The zero-order valence-electron chi connectivity index (χ0n) is 18.4. The smallest absolute Gasteiger partial charge is 0.407 e. The number of benzene rings is 2. The third kappa shape index (κ3) is 4.73. The number of rotatable bonds is 4. The molecule has 2 aromatic rings. The van der Waals surface area contributed by atoms with Gasteiger partial charge < -0.3 is 9.22 Å². The molecule has 4 heteroatoms. The van der Waals surface area contributed by atoms with E-state index in [4.69, 9.17) is 4.43 Å². The second kappa shape index (κ2) is 7.84. The van der Waals surface area contributed by atoms with Crippen LogP contribution < -0.4 is 4.43 Å². The van der Waals surface area contributed by atoms with Gasteiger partial charge in [-0.15, -0.1) is 0 Å². The summed E-state index contributed by atoms with van der Waals surface area (Å²) in [6, 6.07) is 10.5. The number of hydrogen-bond donors (Lipinski definition) is 1. The van der Waals surface area contributed by atoms with E-state index in [1.54, 1.807) is 12.1 Å². The molecule has 0 amide bonds. The van der Waals surface area contributed by atoms with Crippen molar-refractivity contribution in [2.45, 2.75) is 65.5 Å². The van der Waals surface area contributed by atoms with Crippen LogP contribution in [0.5, 0.6) is 5.75 Å². The zero-order valence-corrected chi connectivity index (χ0v) is 19.4. The normalized spacial score (nSPS) is 13.2. The Hall–Kier alpha value is -1.91. The largest absolute Gasteiger partial charge is 0.519 e. The highest BCUT2D eigenvalue weighted by molar-refractivity contribution is 6.72. The molecule has 2 nitrogen and oxygen atoms in total. The van der Waals surface area contributed by atoms with E-state index >= 15 is 0 Å². The summed E-state index contributed by atoms with van der Waals surface area (Å²) in [5.41, 5.74) is 4.09. The first-order chi connectivity index (χ1) is 12.7. The summed E-state index contributed by atoms with van der Waals surface area (Å²) < 4.78 is 19.6. The standard InChI is InChI=1S/C24H33FO2Si/c1-17-15-20(12-9-19-10-13-21(25)14-11-19)22(16-18(17)2)27-28(26,23(3,4)5)24(6,7)8/h9-16,26H,1-8H3/b12-9+. The van der Waals surface area contributed by atoms with Crippen molar-refractivity contribution in [3.8, 4) is 5.75 Å². The maximum Gasteiger partial charge on any atom is 0.407 e. The lowest BCUT2D eigenvalue weighted by molar-refractivity contribution is 0.283. The molecule has 0 bridgehead atoms. The van der Waals surface area contributed by atoms with Gasteiger partial charge in [-0.1, -0.05) is 65.8 Å². The van der Waals surface area contributed by atoms with Gasteiger partial charge in [-0.25, -0.2) is 4.39 Å². The molecule has 0 aromatic heterocycles. The minimum Gasteiger partial charge on any atom is -0.519 e. The maximum absolute atomic E-state index is 13.2. The second-order valence-electron chi connectivity index (χ2n) is 9.61. The van der Waals surface area contributed by atoms with Gasteiger partial charge in [0.1, 0.15) is 11.6 Å². The summed E-state index contributed by atoms with van der Waals surface area (Å²) in [6.07, 6.45) is 3.90. The Morgan fingerprint density at radius 2 is 1.36 bits per heavy atom. The fraction of sp³-hybridized carbons (Fsp3) is 0.417. The summed E-state index contributed by atoms with van der Waals surface area (Å²) in [5, 5.41) is -0.718. The van der Waals surface area contributed by atoms with Gasteiger partial charge in [0, 0.05) is 15.6 Å². The van der Waals surface area contributed by atoms with Gasteiger partial charge in [0.15, 0.2) is 0 Å². The van der Waals surface area contributed by atoms with Crippen molar-refractivity contribution in [3.05, 3.63) is 64.5 Å². The highest BCUT2D eigenvalue weighted by atomic mass is 28.4. The first kappa shape index (κ1) is 22.4. The van der Waals surface area contributed by atoms with Gasteiger partial charge in [-0.05, 0) is 54.8 Å². The SMILES string of the molecule is Cc1cc(/C=C/c2ccc(F)cc2)c(O[Si](O)(C(C)(C)C)C(C)(C)C)cc1C. The zero-order chi connectivity index (χ0) is 21.3. The topological polar surface area (TPSA) is 29.5 Å². The predicted molar refractivity (Wildman–Crippen MR) is 119 cm³/mol. The molecule has 0 aliphatic heterocycles. The van der Waals surface area contributed by atoms with E-state index in [-0.39, 0.29) is 15.9 Å². The minimum absolute atomic E-state index is 0.251. The van der Waals surface area contributed by atoms with Gasteiger partial charge in [-0.3, -0.25) is 0 Å². The molecular formula is C24H33FO2Si. The summed E-state index contributed by atoms with van der Waals surface area (Å²) in [4.78, 5) is 11.7. The average molecular weight is 401 g/mol. The fourth-order valence-electron chi connectivity index (χ4n) is 3.38. The van der Waals surface area contributed by atoms with E-state index in [1.165, 1.54) is 12.1 Å². The first-order valence-corrected chi connectivity index (χ1v) is 11.6. The molecule has 0 spiro atoms. The Morgan fingerprint density at radius 1 is 0.857 bits per heavy atom. The van der Waals surface area contributed by atoms with E-state index < -0.39 is 8.56 Å². The van der Waals surface area contributed by atoms with Crippen LogP contribution in [-0.2, 0) is 0 Å². The van der Waals surface area contributed by atoms with Crippen molar-refractivity contribution >= 4 is 20.7 Å². The monoisotopic (exact) mass is 400 g/mol. The molecular weight excluding hydrogens is 367 g/mol. The van der Waals surface area contributed by atoms with Gasteiger partial charge >= 0.3 is 8.56 Å². The molecule has 0 heterocycles. The van der Waals surface area contributed by atoms with Crippen molar-refractivity contribution in [1.29, 1.82) is 0 Å². The Morgan fingerprint density at radius 3 is 1.86 bits per heavy atom. The average Bonchev–Trinajstić information content (AvgIpc) is 2.56. The summed E-state index contributed by atoms with van der Waals surface area (Å²) >= 11 is 0. The molecule has 152 valence electrons. The molecule has 2 rings (SSSR count). The van der Waals surface area contributed by atoms with Gasteiger partial charge in [-0.2, -0.15) is 0 Å². The van der Waals surface area contributed by atoms with Gasteiger partial charge in [0.05, 0.1) is 0 Å². The van der Waals surface area contributed by atoms with Crippen molar-refractivity contribution in [2.24, 2.45) is 0 Å². The van der Waals surface area contributed by atoms with Crippen LogP contribution in [0.4, 0.5) is 4.39 Å². The lowest BCUT2D eigenvalue weighted by atomic mass is 10.0. The Bertz CT molecular complexity index is 842. The van der Waals surface area contributed by atoms with E-state index in [9.17, 15) is 9.19 Å². The van der Waals surface area contributed by atoms with Gasteiger partial charge in [0.2, 0.25) is 0 Å². The molecule has 1 N–H and O–H groups in total. The third-order valence-corrected chi connectivity index (χ3v) is 9.82. The van der Waals surface area contributed by atoms with Crippen molar-refractivity contribution < 1.29 is 13.6 Å². The van der Waals surface area contributed by atoms with Crippen molar-refractivity contribution in [3.63, 3.8) is 0 Å². The van der Waals surface area contributed by atoms with Crippen LogP contribution in [0.15, 0.2) is 36.4 Å². The van der Waals surface area contributed by atoms with Gasteiger partial charge in [0.25, 0.3) is 0 Å². The summed E-state index contributed by atoms with van der Waals surface area (Å²) in [5.74, 6) is 0.444. The van der Waals surface area contributed by atoms with Crippen LogP contribution in [0.1, 0.15) is 63.8 Å². The number of hydrogen-bond acceptors (Lipinski definition) is 2. The lowest BCUT2D eigenvalue weighted by Gasteiger charge is -2.45. The second-order valence-corrected chi connectivity index (χ2v) is 14.1. The number of aryl methyl sites for hydroxylation is 2. The minimum atomic E-state index is -3.16. The Balaban J connectivity index is 2.51. The molecule has 0 atom stereocenters. The van der Waals surface area contributed by atoms with Crippen LogP contribution in [0, 0.1) is 19.7 Å². The molecule has 0 saturated carbocycles. The highest BCUT2D eigenvalue weighted by Gasteiger charge is 2.57. The molecule has 0 radical (unpaired) electrons. The predicted octanol–water partition coefficient (Wildman–Crippen LogP) is 7.03. The molecule has 0 fully saturated rings. The van der Waals surface area contributed by atoms with Crippen LogP contribution in [0.3, 0.4) is 0 Å². The van der Waals surface area contributed by atoms with E-state index in [1.807, 2.05) is 66.7 Å². The lowest BCUT2D eigenvalue weighted by Crippen LogP contribution is -2.57. The highest BCUT2D eigenvalue weighted by Crippen LogP contribution is 2.50. The molecule has 2 aromatic carbocycles. The third-order valence-electron chi connectivity index (χ3n) is 5.24. The quantitative estimate of drug-likeness (QED) is 0.441. The van der Waals surface area contributed by atoms with Crippen LogP contribution in [0.25, 0.3) is 12.2 Å². The summed E-state index contributed by atoms with van der Waals surface area (Å²) in [7, 11) is -3.16. The molecule has 0 aliphatic carbocycles. The Labute approximate surface area is 170 Å². The Kier molecular flexibility index (Phi) is 6.27. The molecule has 0 unspecified atom stereocenters. The fourth-order valence-corrected chi connectivity index (χ4v) is 6.74. The number of halogens is 1. The maximum atomic E-state index is 13.2. The molecule has 0 saturated heterocycles. The van der Waals surface area contributed by atoms with E-state index in [0.29, 0.717) is 5.75 Å². The molecule has 28 heavy (non-hydrogen) atoms. The van der Waals surface area contributed by atoms with Crippen molar-refractivity contribution in [2.75, 3.05) is 0 Å². The van der Waals surface area contributed by atoms with E-state index in [2.05, 4.69) is 13.0 Å².